The van der Waals surface area contributed by atoms with E-state index in [9.17, 15) is 14.4 Å². The maximum absolute atomic E-state index is 12.8. The van der Waals surface area contributed by atoms with Crippen LogP contribution in [0.15, 0.2) is 122 Å². The van der Waals surface area contributed by atoms with Crippen LogP contribution in [0.5, 0.6) is 0 Å². The number of rotatable bonds is 57. The van der Waals surface area contributed by atoms with Crippen molar-refractivity contribution in [1.82, 2.24) is 0 Å². The zero-order valence-corrected chi connectivity index (χ0v) is 50.2. The second-order valence-electron chi connectivity index (χ2n) is 20.9. The van der Waals surface area contributed by atoms with Gasteiger partial charge in [-0.1, -0.05) is 284 Å². The third-order valence-corrected chi connectivity index (χ3v) is 13.5. The summed E-state index contributed by atoms with van der Waals surface area (Å²) < 4.78 is 16.8. The molecule has 0 saturated carbocycles. The SMILES string of the molecule is CC/C=C\C/C=C\C/C=C\C/C=C\C/C=C\C/C=C\C/C=C\C/C=C\CCCCCCCCCCCCC(=O)OCC(COC(=O)CCCCCCCCCCCC)OC(=O)CCCCCCC/C=C\C/C=C\CCCC. The lowest BCUT2D eigenvalue weighted by Gasteiger charge is -2.18. The van der Waals surface area contributed by atoms with Crippen LogP contribution in [0.25, 0.3) is 0 Å². The molecule has 0 N–H and O–H groups in total. The second kappa shape index (κ2) is 64.3. The van der Waals surface area contributed by atoms with Crippen molar-refractivity contribution in [3.8, 4) is 0 Å². The molecule has 1 atom stereocenters. The molecule has 0 aliphatic rings. The topological polar surface area (TPSA) is 78.9 Å². The lowest BCUT2D eigenvalue weighted by molar-refractivity contribution is -0.167. The Morgan fingerprint density at radius 2 is 0.519 bits per heavy atom. The van der Waals surface area contributed by atoms with Gasteiger partial charge in [0.1, 0.15) is 13.2 Å². The molecule has 0 amide bonds. The summed E-state index contributed by atoms with van der Waals surface area (Å²) in [5.74, 6) is -0.900. The standard InChI is InChI=1S/C71H118O6/c1-4-7-10-13-16-19-22-24-26-27-28-29-30-31-32-33-34-35-36-37-38-39-40-41-42-43-44-45-46-48-49-52-55-58-61-64-70(73)76-67-68(66-75-69(72)63-60-57-54-51-21-18-15-12-9-6-3)77-71(74)65-62-59-56-53-50-47-25-23-20-17-14-11-8-5-2/h7,10,14,16-17,19,23-26,28-29,31-32,34-35,37-38,40-41,68H,4-6,8-9,11-13,15,18,20-22,27,30,33,36,39,42-67H2,1-3H3/b10-7-,17-14-,19-16-,25-23-,26-24-,29-28-,32-31-,35-34-,38-37-,41-40-. The highest BCUT2D eigenvalue weighted by Crippen LogP contribution is 2.15. The monoisotopic (exact) mass is 1070 g/mol. The van der Waals surface area contributed by atoms with Gasteiger partial charge in [0, 0.05) is 19.3 Å². The minimum atomic E-state index is -0.786. The third-order valence-electron chi connectivity index (χ3n) is 13.5. The van der Waals surface area contributed by atoms with Crippen molar-refractivity contribution in [3.63, 3.8) is 0 Å². The molecule has 0 aliphatic heterocycles. The number of ether oxygens (including phenoxy) is 3. The van der Waals surface area contributed by atoms with Crippen molar-refractivity contribution >= 4 is 17.9 Å². The van der Waals surface area contributed by atoms with E-state index in [0.29, 0.717) is 19.3 Å². The quantitative estimate of drug-likeness (QED) is 0.0261. The molecule has 0 spiro atoms. The summed E-state index contributed by atoms with van der Waals surface area (Å²) in [6.45, 7) is 6.46. The van der Waals surface area contributed by atoms with Gasteiger partial charge in [-0.2, -0.15) is 0 Å². The van der Waals surface area contributed by atoms with E-state index in [-0.39, 0.29) is 31.1 Å². The summed E-state index contributed by atoms with van der Waals surface area (Å²) in [5, 5.41) is 0. The van der Waals surface area contributed by atoms with Crippen LogP contribution in [0.4, 0.5) is 0 Å². The van der Waals surface area contributed by atoms with Crippen LogP contribution in [0, 0.1) is 0 Å². The van der Waals surface area contributed by atoms with Gasteiger partial charge in [-0.05, 0) is 109 Å². The van der Waals surface area contributed by atoms with Gasteiger partial charge in [0.25, 0.3) is 0 Å². The van der Waals surface area contributed by atoms with Gasteiger partial charge in [0.2, 0.25) is 0 Å². The average Bonchev–Trinajstić information content (AvgIpc) is 3.43. The fourth-order valence-corrected chi connectivity index (χ4v) is 8.65. The number of esters is 3. The zero-order valence-electron chi connectivity index (χ0n) is 50.2. The highest BCUT2D eigenvalue weighted by molar-refractivity contribution is 5.71. The third kappa shape index (κ3) is 62.5. The maximum Gasteiger partial charge on any atom is 0.306 e. The van der Waals surface area contributed by atoms with Crippen LogP contribution < -0.4 is 0 Å². The van der Waals surface area contributed by atoms with Crippen molar-refractivity contribution in [2.24, 2.45) is 0 Å². The summed E-state index contributed by atoms with van der Waals surface area (Å²) in [6, 6.07) is 0. The van der Waals surface area contributed by atoms with Gasteiger partial charge < -0.3 is 14.2 Å². The van der Waals surface area contributed by atoms with E-state index in [4.69, 9.17) is 14.2 Å². The first-order chi connectivity index (χ1) is 38.0. The number of carbonyl (C=O) groups is 3. The highest BCUT2D eigenvalue weighted by Gasteiger charge is 2.19. The fourth-order valence-electron chi connectivity index (χ4n) is 8.65. The van der Waals surface area contributed by atoms with E-state index in [1.165, 1.54) is 116 Å². The van der Waals surface area contributed by atoms with E-state index in [1.54, 1.807) is 0 Å². The Kier molecular flexibility index (Phi) is 60.8. The molecule has 0 radical (unpaired) electrons. The molecule has 0 saturated heterocycles. The Balaban J connectivity index is 4.16. The predicted octanol–water partition coefficient (Wildman–Crippen LogP) is 22.0. The smallest absolute Gasteiger partial charge is 0.306 e. The van der Waals surface area contributed by atoms with Crippen LogP contribution in [-0.2, 0) is 28.6 Å². The molecule has 0 rings (SSSR count). The lowest BCUT2D eigenvalue weighted by Crippen LogP contribution is -2.30. The molecule has 0 aromatic rings. The lowest BCUT2D eigenvalue weighted by atomic mass is 10.1. The number of hydrogen-bond acceptors (Lipinski definition) is 6. The molecule has 0 bridgehead atoms. The average molecular weight is 1070 g/mol. The Labute approximate surface area is 475 Å². The van der Waals surface area contributed by atoms with Crippen LogP contribution >= 0.6 is 0 Å². The molecular formula is C71H118O6. The molecule has 77 heavy (non-hydrogen) atoms. The van der Waals surface area contributed by atoms with E-state index in [2.05, 4.69) is 142 Å². The highest BCUT2D eigenvalue weighted by atomic mass is 16.6. The minimum absolute atomic E-state index is 0.0835. The van der Waals surface area contributed by atoms with Gasteiger partial charge >= 0.3 is 17.9 Å². The molecule has 6 nitrogen and oxygen atoms in total. The number of hydrogen-bond donors (Lipinski definition) is 0. The first kappa shape index (κ1) is 72.8. The summed E-state index contributed by atoms with van der Waals surface area (Å²) in [5.41, 5.74) is 0. The van der Waals surface area contributed by atoms with Crippen molar-refractivity contribution in [2.45, 2.75) is 297 Å². The fraction of sp³-hybridized carbons (Fsp3) is 0.676. The molecule has 438 valence electrons. The second-order valence-corrected chi connectivity index (χ2v) is 20.9. The molecule has 0 aromatic carbocycles. The van der Waals surface area contributed by atoms with Gasteiger partial charge in [-0.3, -0.25) is 14.4 Å². The Hall–Kier alpha value is -4.19. The summed E-state index contributed by atoms with van der Waals surface area (Å²) in [6.07, 6.45) is 89.3. The van der Waals surface area contributed by atoms with Crippen molar-refractivity contribution in [2.75, 3.05) is 13.2 Å². The molecule has 0 fully saturated rings. The van der Waals surface area contributed by atoms with E-state index in [1.807, 2.05) is 0 Å². The molecular weight excluding hydrogens is 949 g/mol. The Morgan fingerprint density at radius 3 is 0.831 bits per heavy atom. The van der Waals surface area contributed by atoms with Crippen LogP contribution in [0.1, 0.15) is 290 Å². The molecule has 0 heterocycles. The first-order valence-corrected chi connectivity index (χ1v) is 32.0. The van der Waals surface area contributed by atoms with Crippen LogP contribution in [0.2, 0.25) is 0 Å². The van der Waals surface area contributed by atoms with Gasteiger partial charge in [0.15, 0.2) is 6.10 Å². The summed E-state index contributed by atoms with van der Waals surface area (Å²) in [4.78, 5) is 38.1. The van der Waals surface area contributed by atoms with Gasteiger partial charge in [0.05, 0.1) is 0 Å². The van der Waals surface area contributed by atoms with E-state index in [0.717, 1.165) is 135 Å². The molecule has 0 aromatic heterocycles. The Bertz CT molecular complexity index is 1600. The van der Waals surface area contributed by atoms with Crippen LogP contribution in [0.3, 0.4) is 0 Å². The number of unbranched alkanes of at least 4 members (excludes halogenated alkanes) is 26. The summed E-state index contributed by atoms with van der Waals surface area (Å²) >= 11 is 0. The molecule has 1 unspecified atom stereocenters. The maximum atomic E-state index is 12.8. The van der Waals surface area contributed by atoms with Gasteiger partial charge in [-0.15, -0.1) is 0 Å². The first-order valence-electron chi connectivity index (χ1n) is 32.0. The van der Waals surface area contributed by atoms with E-state index < -0.39 is 6.10 Å². The number of carbonyl (C=O) groups excluding carboxylic acids is 3. The summed E-state index contributed by atoms with van der Waals surface area (Å²) in [7, 11) is 0. The minimum Gasteiger partial charge on any atom is -0.462 e. The Morgan fingerprint density at radius 1 is 0.273 bits per heavy atom. The molecule has 6 heteroatoms. The number of allylic oxidation sites excluding steroid dienone is 20. The largest absolute Gasteiger partial charge is 0.462 e. The normalized spacial score (nSPS) is 12.9. The van der Waals surface area contributed by atoms with Crippen molar-refractivity contribution in [1.29, 1.82) is 0 Å². The van der Waals surface area contributed by atoms with Gasteiger partial charge in [-0.25, -0.2) is 0 Å². The van der Waals surface area contributed by atoms with Crippen molar-refractivity contribution < 1.29 is 28.6 Å². The molecule has 0 aliphatic carbocycles. The van der Waals surface area contributed by atoms with Crippen LogP contribution in [-0.4, -0.2) is 37.2 Å². The predicted molar refractivity (Wildman–Crippen MR) is 334 cm³/mol. The van der Waals surface area contributed by atoms with E-state index >= 15 is 0 Å². The van der Waals surface area contributed by atoms with Crippen molar-refractivity contribution in [3.05, 3.63) is 122 Å². The zero-order chi connectivity index (χ0) is 55.7.